The maximum Gasteiger partial charge on any atom is 0.120 e. The first-order chi connectivity index (χ1) is 14.2. The van der Waals surface area contributed by atoms with Gasteiger partial charge in [-0.2, -0.15) is 0 Å². The molecule has 156 valence electrons. The molecule has 0 heterocycles. The van der Waals surface area contributed by atoms with Gasteiger partial charge in [0, 0.05) is 6.04 Å². The molecule has 0 aliphatic heterocycles. The fourth-order valence-electron chi connectivity index (χ4n) is 4.70. The van der Waals surface area contributed by atoms with Crippen LogP contribution < -0.4 is 15.2 Å². The molecule has 0 bridgehead atoms. The number of hydrogen-bond donors (Lipinski definition) is 2. The number of nitrogens with two attached hydrogens (primary N) is 1. The molecule has 0 radical (unpaired) electrons. The van der Waals surface area contributed by atoms with Gasteiger partial charge in [-0.3, -0.25) is 0 Å². The Labute approximate surface area is 174 Å². The molecule has 4 rings (SSSR count). The minimum atomic E-state index is -0.681. The van der Waals surface area contributed by atoms with E-state index in [2.05, 4.69) is 18.2 Å². The zero-order chi connectivity index (χ0) is 20.1. The van der Waals surface area contributed by atoms with Crippen molar-refractivity contribution < 1.29 is 14.6 Å². The van der Waals surface area contributed by atoms with Gasteiger partial charge in [-0.15, -0.1) is 0 Å². The van der Waals surface area contributed by atoms with Crippen LogP contribution in [-0.4, -0.2) is 30.0 Å². The molecule has 1 saturated carbocycles. The maximum atomic E-state index is 10.6. The molecule has 0 amide bonds. The Hall–Kier alpha value is -2.04. The van der Waals surface area contributed by atoms with E-state index in [-0.39, 0.29) is 18.6 Å². The third-order valence-corrected chi connectivity index (χ3v) is 6.44. The number of rotatable bonds is 7. The Morgan fingerprint density at radius 1 is 0.931 bits per heavy atom. The van der Waals surface area contributed by atoms with Crippen molar-refractivity contribution >= 4 is 0 Å². The van der Waals surface area contributed by atoms with Crippen molar-refractivity contribution in [1.29, 1.82) is 0 Å². The number of aliphatic hydroxyl groups is 1. The standard InChI is InChI=1S/C25H33NO3/c26-25(24(27)17-28-21-9-2-1-3-10-21)19-8-6-7-18-13-14-23(16-20(18)15-19)29-22-11-4-5-12-22/h1-3,9-10,13-14,16,19,22,24-25,27H,4-8,11-12,15,17,26H2/t19?,24-,25?/m1/s1. The summed E-state index contributed by atoms with van der Waals surface area (Å²) in [5.74, 6) is 1.99. The van der Waals surface area contributed by atoms with Crippen molar-refractivity contribution in [3.63, 3.8) is 0 Å². The molecule has 2 aromatic rings. The summed E-state index contributed by atoms with van der Waals surface area (Å²) in [5, 5.41) is 10.6. The zero-order valence-electron chi connectivity index (χ0n) is 17.1. The van der Waals surface area contributed by atoms with Crippen molar-refractivity contribution in [3.8, 4) is 11.5 Å². The molecule has 0 saturated heterocycles. The van der Waals surface area contributed by atoms with E-state index < -0.39 is 6.10 Å². The molecule has 2 aliphatic carbocycles. The van der Waals surface area contributed by atoms with E-state index in [0.29, 0.717) is 6.10 Å². The van der Waals surface area contributed by atoms with Crippen LogP contribution in [0.1, 0.15) is 49.7 Å². The second kappa shape index (κ2) is 9.64. The van der Waals surface area contributed by atoms with Gasteiger partial charge in [0.1, 0.15) is 24.2 Å². The SMILES string of the molecule is NC(C1CCCc2ccc(OC3CCCC3)cc2C1)[C@H](O)COc1ccccc1. The van der Waals surface area contributed by atoms with Crippen LogP contribution in [0, 0.1) is 5.92 Å². The van der Waals surface area contributed by atoms with E-state index >= 15 is 0 Å². The second-order valence-corrected chi connectivity index (χ2v) is 8.58. The van der Waals surface area contributed by atoms with E-state index in [1.165, 1.54) is 24.0 Å². The van der Waals surface area contributed by atoms with Crippen molar-refractivity contribution in [1.82, 2.24) is 0 Å². The van der Waals surface area contributed by atoms with Crippen molar-refractivity contribution in [2.75, 3.05) is 6.61 Å². The van der Waals surface area contributed by atoms with Gasteiger partial charge in [-0.1, -0.05) is 24.3 Å². The second-order valence-electron chi connectivity index (χ2n) is 8.58. The van der Waals surface area contributed by atoms with Gasteiger partial charge in [0.05, 0.1) is 6.10 Å². The minimum Gasteiger partial charge on any atom is -0.491 e. The predicted molar refractivity (Wildman–Crippen MR) is 115 cm³/mol. The average Bonchev–Trinajstić information content (AvgIpc) is 3.16. The molecule has 0 spiro atoms. The first-order valence-electron chi connectivity index (χ1n) is 11.1. The van der Waals surface area contributed by atoms with Crippen molar-refractivity contribution in [3.05, 3.63) is 59.7 Å². The third kappa shape index (κ3) is 5.31. The molecule has 4 heteroatoms. The maximum absolute atomic E-state index is 10.6. The van der Waals surface area contributed by atoms with Gasteiger partial charge in [0.15, 0.2) is 0 Å². The molecule has 2 aliphatic rings. The van der Waals surface area contributed by atoms with Crippen molar-refractivity contribution in [2.24, 2.45) is 11.7 Å². The quantitative estimate of drug-likeness (QED) is 0.687. The smallest absolute Gasteiger partial charge is 0.120 e. The number of benzene rings is 2. The number of hydrogen-bond acceptors (Lipinski definition) is 4. The van der Waals surface area contributed by atoms with Crippen LogP contribution in [-0.2, 0) is 12.8 Å². The summed E-state index contributed by atoms with van der Waals surface area (Å²) >= 11 is 0. The summed E-state index contributed by atoms with van der Waals surface area (Å²) < 4.78 is 11.9. The summed E-state index contributed by atoms with van der Waals surface area (Å²) in [5.41, 5.74) is 9.22. The molecular weight excluding hydrogens is 362 g/mol. The Balaban J connectivity index is 1.38. The summed E-state index contributed by atoms with van der Waals surface area (Å²) in [7, 11) is 0. The molecule has 0 aromatic heterocycles. The van der Waals surface area contributed by atoms with E-state index in [9.17, 15) is 5.11 Å². The van der Waals surface area contributed by atoms with Gasteiger partial charge in [-0.05, 0) is 92.7 Å². The predicted octanol–water partition coefficient (Wildman–Crippen LogP) is 4.27. The third-order valence-electron chi connectivity index (χ3n) is 6.44. The molecule has 2 aromatic carbocycles. The van der Waals surface area contributed by atoms with Gasteiger partial charge in [-0.25, -0.2) is 0 Å². The molecule has 2 unspecified atom stereocenters. The normalized spacial score (nSPS) is 21.8. The van der Waals surface area contributed by atoms with Crippen LogP contribution in [0.4, 0.5) is 0 Å². The lowest BCUT2D eigenvalue weighted by atomic mass is 9.87. The number of aryl methyl sites for hydroxylation is 1. The topological polar surface area (TPSA) is 64.7 Å². The van der Waals surface area contributed by atoms with E-state index in [1.807, 2.05) is 30.3 Å². The first-order valence-corrected chi connectivity index (χ1v) is 11.1. The fourth-order valence-corrected chi connectivity index (χ4v) is 4.70. The van der Waals surface area contributed by atoms with Gasteiger partial charge >= 0.3 is 0 Å². The average molecular weight is 396 g/mol. The summed E-state index contributed by atoms with van der Waals surface area (Å²) in [6.45, 7) is 0.222. The highest BCUT2D eigenvalue weighted by atomic mass is 16.5. The molecule has 1 fully saturated rings. The van der Waals surface area contributed by atoms with Crippen molar-refractivity contribution in [2.45, 2.75) is 69.6 Å². The van der Waals surface area contributed by atoms with E-state index in [4.69, 9.17) is 15.2 Å². The number of aliphatic hydroxyl groups excluding tert-OH is 1. The van der Waals surface area contributed by atoms with E-state index in [1.54, 1.807) is 0 Å². The number of para-hydroxylation sites is 1. The Morgan fingerprint density at radius 2 is 1.72 bits per heavy atom. The Kier molecular flexibility index (Phi) is 6.73. The minimum absolute atomic E-state index is 0.222. The largest absolute Gasteiger partial charge is 0.491 e. The van der Waals surface area contributed by atoms with Gasteiger partial charge < -0.3 is 20.3 Å². The van der Waals surface area contributed by atoms with Crippen LogP contribution in [0.15, 0.2) is 48.5 Å². The molecule has 3 atom stereocenters. The zero-order valence-corrected chi connectivity index (χ0v) is 17.1. The number of fused-ring (bicyclic) bond motifs is 1. The fraction of sp³-hybridized carbons (Fsp3) is 0.520. The van der Waals surface area contributed by atoms with E-state index in [0.717, 1.165) is 50.0 Å². The highest BCUT2D eigenvalue weighted by Crippen LogP contribution is 2.31. The Bertz CT molecular complexity index is 773. The Morgan fingerprint density at radius 3 is 2.52 bits per heavy atom. The lowest BCUT2D eigenvalue weighted by Gasteiger charge is -2.27. The molecule has 29 heavy (non-hydrogen) atoms. The summed E-state index contributed by atoms with van der Waals surface area (Å²) in [4.78, 5) is 0. The summed E-state index contributed by atoms with van der Waals surface area (Å²) in [6.07, 6.45) is 8.65. The first kappa shape index (κ1) is 20.2. The monoisotopic (exact) mass is 395 g/mol. The lowest BCUT2D eigenvalue weighted by molar-refractivity contribution is 0.0645. The van der Waals surface area contributed by atoms with Crippen LogP contribution in [0.3, 0.4) is 0 Å². The van der Waals surface area contributed by atoms with Crippen LogP contribution in [0.5, 0.6) is 11.5 Å². The lowest BCUT2D eigenvalue weighted by Crippen LogP contribution is -2.45. The highest BCUT2D eigenvalue weighted by Gasteiger charge is 2.28. The molecule has 4 nitrogen and oxygen atoms in total. The number of ether oxygens (including phenoxy) is 2. The van der Waals surface area contributed by atoms with Crippen LogP contribution in [0.2, 0.25) is 0 Å². The molecule has 3 N–H and O–H groups in total. The van der Waals surface area contributed by atoms with Gasteiger partial charge in [0.25, 0.3) is 0 Å². The van der Waals surface area contributed by atoms with Crippen LogP contribution in [0.25, 0.3) is 0 Å². The highest BCUT2D eigenvalue weighted by molar-refractivity contribution is 5.37. The molecular formula is C25H33NO3. The summed E-state index contributed by atoms with van der Waals surface area (Å²) in [6, 6.07) is 15.8. The van der Waals surface area contributed by atoms with Gasteiger partial charge in [0.2, 0.25) is 0 Å². The van der Waals surface area contributed by atoms with Crippen LogP contribution >= 0.6 is 0 Å².